The summed E-state index contributed by atoms with van der Waals surface area (Å²) in [7, 11) is 0. The zero-order valence-corrected chi connectivity index (χ0v) is 17.9. The third kappa shape index (κ3) is 8.27. The molecule has 2 aromatic rings. The predicted octanol–water partition coefficient (Wildman–Crippen LogP) is 3.57. The lowest BCUT2D eigenvalue weighted by Gasteiger charge is -2.16. The van der Waals surface area contributed by atoms with E-state index in [0.29, 0.717) is 17.7 Å². The molecular weight excluding hydrogens is 424 g/mol. The van der Waals surface area contributed by atoms with E-state index >= 15 is 0 Å². The van der Waals surface area contributed by atoms with Gasteiger partial charge in [0.2, 0.25) is 5.91 Å². The summed E-state index contributed by atoms with van der Waals surface area (Å²) in [6, 6.07) is 9.47. The average molecular weight is 453 g/mol. The number of nitrogens with one attached hydrogen (secondary N) is 3. The first kappa shape index (κ1) is 25.3. The molecule has 0 fully saturated rings. The third-order valence-electron chi connectivity index (χ3n) is 4.70. The molecule has 176 valence electrons. The molecule has 0 bridgehead atoms. The number of rotatable bonds is 14. The average Bonchev–Trinajstić information content (AvgIpc) is 3.28. The Morgan fingerprint density at radius 3 is 2.69 bits per heavy atom. The molecule has 2 rings (SSSR count). The zero-order chi connectivity index (χ0) is 23.3. The molecule has 1 aromatic heterocycles. The summed E-state index contributed by atoms with van der Waals surface area (Å²) in [4.78, 5) is 24.6. The van der Waals surface area contributed by atoms with Gasteiger partial charge in [0.1, 0.15) is 18.1 Å². The molecular formula is C22H29F2N3O5. The van der Waals surface area contributed by atoms with Crippen molar-refractivity contribution in [2.45, 2.75) is 39.0 Å². The largest absolute Gasteiger partial charge is 0.488 e. The fourth-order valence-electron chi connectivity index (χ4n) is 3.03. The van der Waals surface area contributed by atoms with Gasteiger partial charge in [-0.3, -0.25) is 9.59 Å². The number of halogens is 2. The molecule has 32 heavy (non-hydrogen) atoms. The number of carbonyl (C=O) groups excluding carboxylic acids is 2. The van der Waals surface area contributed by atoms with Crippen molar-refractivity contribution < 1.29 is 32.7 Å². The van der Waals surface area contributed by atoms with Crippen LogP contribution in [-0.4, -0.2) is 43.3 Å². The van der Waals surface area contributed by atoms with Gasteiger partial charge in [0.15, 0.2) is 5.76 Å². The van der Waals surface area contributed by atoms with Crippen molar-refractivity contribution in [3.63, 3.8) is 0 Å². The molecule has 0 saturated heterocycles. The highest BCUT2D eigenvalue weighted by Gasteiger charge is 2.18. The zero-order valence-electron chi connectivity index (χ0n) is 17.9. The Morgan fingerprint density at radius 2 is 1.97 bits per heavy atom. The standard InChI is InChI=1S/C22H29F2N3O5/c1-2-3-4-6-16(12-27-30)21(28)25-14-26-22(29)19-10-9-18(32-19)15-7-5-8-17(11-15)31-13-20(23)24/h5,7-11,16,20,27,30H,2-4,6,12-14H2,1H3,(H,25,28)(H,26,29). The number of hydrogen-bond donors (Lipinski definition) is 4. The predicted molar refractivity (Wildman–Crippen MR) is 114 cm³/mol. The van der Waals surface area contributed by atoms with Crippen LogP contribution in [0, 0.1) is 5.92 Å². The molecule has 2 amide bonds. The second-order valence-corrected chi connectivity index (χ2v) is 7.17. The number of alkyl halides is 2. The molecule has 1 heterocycles. The second kappa shape index (κ2) is 13.4. The van der Waals surface area contributed by atoms with Gasteiger partial charge in [0.05, 0.1) is 12.6 Å². The van der Waals surface area contributed by atoms with Gasteiger partial charge in [0, 0.05) is 12.1 Å². The fraction of sp³-hybridized carbons (Fsp3) is 0.455. The van der Waals surface area contributed by atoms with Crippen LogP contribution in [0.3, 0.4) is 0 Å². The van der Waals surface area contributed by atoms with Crippen LogP contribution in [0.5, 0.6) is 5.75 Å². The molecule has 0 aliphatic carbocycles. The maximum Gasteiger partial charge on any atom is 0.288 e. The van der Waals surface area contributed by atoms with Gasteiger partial charge in [-0.1, -0.05) is 38.3 Å². The molecule has 0 aliphatic heterocycles. The van der Waals surface area contributed by atoms with Crippen LogP contribution >= 0.6 is 0 Å². The molecule has 0 radical (unpaired) electrons. The first-order valence-electron chi connectivity index (χ1n) is 10.5. The van der Waals surface area contributed by atoms with Gasteiger partial charge in [-0.05, 0) is 30.7 Å². The van der Waals surface area contributed by atoms with Gasteiger partial charge in [0.25, 0.3) is 12.3 Å². The lowest BCUT2D eigenvalue weighted by atomic mass is 10.0. The van der Waals surface area contributed by atoms with E-state index in [4.69, 9.17) is 14.4 Å². The maximum atomic E-state index is 12.3. The highest BCUT2D eigenvalue weighted by molar-refractivity contribution is 5.92. The van der Waals surface area contributed by atoms with Crippen molar-refractivity contribution in [3.05, 3.63) is 42.2 Å². The van der Waals surface area contributed by atoms with Gasteiger partial charge in [-0.2, -0.15) is 0 Å². The fourth-order valence-corrected chi connectivity index (χ4v) is 3.03. The summed E-state index contributed by atoms with van der Waals surface area (Å²) < 4.78 is 35.2. The summed E-state index contributed by atoms with van der Waals surface area (Å²) in [6.07, 6.45) is 0.933. The van der Waals surface area contributed by atoms with Gasteiger partial charge >= 0.3 is 0 Å². The van der Waals surface area contributed by atoms with Gasteiger partial charge < -0.3 is 25.0 Å². The van der Waals surface area contributed by atoms with Crippen molar-refractivity contribution in [2.75, 3.05) is 19.8 Å². The molecule has 0 saturated carbocycles. The van der Waals surface area contributed by atoms with Crippen molar-refractivity contribution >= 4 is 11.8 Å². The summed E-state index contributed by atoms with van der Waals surface area (Å²) in [5, 5.41) is 14.1. The Morgan fingerprint density at radius 1 is 1.16 bits per heavy atom. The Labute approximate surface area is 185 Å². The summed E-state index contributed by atoms with van der Waals surface area (Å²) in [5.74, 6) is -0.540. The van der Waals surface area contributed by atoms with Crippen LogP contribution in [0.15, 0.2) is 40.8 Å². The van der Waals surface area contributed by atoms with Crippen LogP contribution in [0.1, 0.15) is 43.2 Å². The molecule has 10 heteroatoms. The van der Waals surface area contributed by atoms with Crippen molar-refractivity contribution in [1.29, 1.82) is 0 Å². The number of carbonyl (C=O) groups is 2. The minimum Gasteiger partial charge on any atom is -0.488 e. The number of benzene rings is 1. The van der Waals surface area contributed by atoms with Crippen LogP contribution in [-0.2, 0) is 4.79 Å². The van der Waals surface area contributed by atoms with Gasteiger partial charge in [-0.25, -0.2) is 14.3 Å². The first-order valence-corrected chi connectivity index (χ1v) is 10.5. The second-order valence-electron chi connectivity index (χ2n) is 7.17. The SMILES string of the molecule is CCCCCC(CNO)C(=O)NCNC(=O)c1ccc(-c2cccc(OCC(F)F)c2)o1. The number of ether oxygens (including phenoxy) is 1. The maximum absolute atomic E-state index is 12.3. The van der Waals surface area contributed by atoms with Crippen LogP contribution < -0.4 is 20.9 Å². The van der Waals surface area contributed by atoms with Crippen molar-refractivity contribution in [1.82, 2.24) is 16.1 Å². The molecule has 1 atom stereocenters. The summed E-state index contributed by atoms with van der Waals surface area (Å²) in [6.45, 7) is 1.38. The Kier molecular flexibility index (Phi) is 10.6. The molecule has 4 N–H and O–H groups in total. The minimum absolute atomic E-state index is 0.0321. The lowest BCUT2D eigenvalue weighted by Crippen LogP contribution is -2.42. The molecule has 0 aliphatic rings. The molecule has 0 spiro atoms. The normalized spacial score (nSPS) is 11.9. The highest BCUT2D eigenvalue weighted by Crippen LogP contribution is 2.26. The number of furan rings is 1. The van der Waals surface area contributed by atoms with E-state index < -0.39 is 24.9 Å². The van der Waals surface area contributed by atoms with E-state index in [1.54, 1.807) is 24.3 Å². The molecule has 1 unspecified atom stereocenters. The van der Waals surface area contributed by atoms with Crippen molar-refractivity contribution in [3.8, 4) is 17.1 Å². The quantitative estimate of drug-likeness (QED) is 0.198. The van der Waals surface area contributed by atoms with E-state index in [-0.39, 0.29) is 30.6 Å². The van der Waals surface area contributed by atoms with Crippen LogP contribution in [0.4, 0.5) is 8.78 Å². The summed E-state index contributed by atoms with van der Waals surface area (Å²) >= 11 is 0. The number of hydrogen-bond acceptors (Lipinski definition) is 6. The number of unbranched alkanes of at least 4 members (excludes halogenated alkanes) is 2. The smallest absolute Gasteiger partial charge is 0.288 e. The number of hydroxylamine groups is 1. The highest BCUT2D eigenvalue weighted by atomic mass is 19.3. The van der Waals surface area contributed by atoms with E-state index in [1.807, 2.05) is 5.48 Å². The van der Waals surface area contributed by atoms with Gasteiger partial charge in [-0.15, -0.1) is 0 Å². The van der Waals surface area contributed by atoms with Crippen LogP contribution in [0.25, 0.3) is 11.3 Å². The molecule has 8 nitrogen and oxygen atoms in total. The van der Waals surface area contributed by atoms with Crippen LogP contribution in [0.2, 0.25) is 0 Å². The third-order valence-corrected chi connectivity index (χ3v) is 4.70. The van der Waals surface area contributed by atoms with E-state index in [1.165, 1.54) is 12.1 Å². The Bertz CT molecular complexity index is 860. The van der Waals surface area contributed by atoms with E-state index in [9.17, 15) is 18.4 Å². The number of amides is 2. The molecule has 1 aromatic carbocycles. The Balaban J connectivity index is 1.87. The Hall–Kier alpha value is -2.98. The minimum atomic E-state index is -2.58. The lowest BCUT2D eigenvalue weighted by molar-refractivity contribution is -0.125. The van der Waals surface area contributed by atoms with E-state index in [0.717, 1.165) is 19.3 Å². The monoisotopic (exact) mass is 453 g/mol. The topological polar surface area (TPSA) is 113 Å². The summed E-state index contributed by atoms with van der Waals surface area (Å²) in [5.41, 5.74) is 2.59. The van der Waals surface area contributed by atoms with E-state index in [2.05, 4.69) is 17.6 Å². The first-order chi connectivity index (χ1) is 15.4. The van der Waals surface area contributed by atoms with Crippen molar-refractivity contribution in [2.24, 2.45) is 5.92 Å².